The van der Waals surface area contributed by atoms with E-state index in [1.165, 1.54) is 0 Å². The van der Waals surface area contributed by atoms with Crippen LogP contribution < -0.4 is 0 Å². The van der Waals surface area contributed by atoms with Crippen LogP contribution in [0.4, 0.5) is 4.39 Å². The molecule has 1 saturated heterocycles. The number of hydrogen-bond acceptors (Lipinski definition) is 3. The molecule has 0 bridgehead atoms. The van der Waals surface area contributed by atoms with E-state index in [4.69, 9.17) is 4.74 Å². The van der Waals surface area contributed by atoms with E-state index in [0.717, 1.165) is 27.8 Å². The van der Waals surface area contributed by atoms with Crippen LogP contribution in [0.25, 0.3) is 0 Å². The van der Waals surface area contributed by atoms with E-state index in [1.54, 1.807) is 6.07 Å². The summed E-state index contributed by atoms with van der Waals surface area (Å²) in [6.45, 7) is 3.91. The molecule has 140 valence electrons. The van der Waals surface area contributed by atoms with E-state index in [1.807, 2.05) is 38.1 Å². The lowest BCUT2D eigenvalue weighted by molar-refractivity contribution is -0.113. The fourth-order valence-electron chi connectivity index (χ4n) is 3.61. The van der Waals surface area contributed by atoms with Crippen molar-refractivity contribution in [2.75, 3.05) is 6.61 Å². The molecule has 2 aromatic carbocycles. The van der Waals surface area contributed by atoms with Gasteiger partial charge in [0, 0.05) is 12.8 Å². The highest BCUT2D eigenvalue weighted by molar-refractivity contribution is 5.37. The number of halogens is 1. The lowest BCUT2D eigenvalue weighted by Gasteiger charge is -2.32. The molecule has 3 atom stereocenters. The maximum absolute atomic E-state index is 14.1. The lowest BCUT2D eigenvalue weighted by atomic mass is 9.92. The van der Waals surface area contributed by atoms with Crippen LogP contribution in [-0.2, 0) is 17.6 Å². The van der Waals surface area contributed by atoms with E-state index >= 15 is 0 Å². The number of aliphatic hydroxyl groups excluding tert-OH is 2. The average molecular weight is 358 g/mol. The van der Waals surface area contributed by atoms with Crippen molar-refractivity contribution in [3.05, 3.63) is 70.0 Å². The van der Waals surface area contributed by atoms with Gasteiger partial charge in [0.1, 0.15) is 5.82 Å². The third-order valence-electron chi connectivity index (χ3n) is 5.22. The van der Waals surface area contributed by atoms with Gasteiger partial charge in [-0.05, 0) is 53.6 Å². The molecular formula is C22H27FO3. The first kappa shape index (κ1) is 19.0. The molecule has 2 N–H and O–H groups in total. The standard InChI is InChI=1S/C22H27FO3/c1-3-16-7-5-15(9-21(16)23)8-18-10-17(6-4-14(18)2)22-12-19(25)11-20(13-24)26-22/h4-7,9-10,19-20,22,24-25H,3,8,11-13H2,1-2H3. The summed E-state index contributed by atoms with van der Waals surface area (Å²) in [6, 6.07) is 11.6. The molecule has 1 fully saturated rings. The van der Waals surface area contributed by atoms with Crippen molar-refractivity contribution in [3.8, 4) is 0 Å². The zero-order valence-corrected chi connectivity index (χ0v) is 15.4. The van der Waals surface area contributed by atoms with Crippen molar-refractivity contribution in [1.29, 1.82) is 0 Å². The molecular weight excluding hydrogens is 331 g/mol. The SMILES string of the molecule is CCc1ccc(Cc2cc(C3CC(O)CC(CO)O3)ccc2C)cc1F. The molecule has 2 aromatic rings. The molecule has 0 saturated carbocycles. The van der Waals surface area contributed by atoms with Crippen LogP contribution in [0.1, 0.15) is 53.7 Å². The molecule has 26 heavy (non-hydrogen) atoms. The van der Waals surface area contributed by atoms with Gasteiger partial charge in [0.25, 0.3) is 0 Å². The molecule has 3 unspecified atom stereocenters. The number of aryl methyl sites for hydroxylation is 2. The Kier molecular flexibility index (Phi) is 6.07. The number of ether oxygens (including phenoxy) is 1. The van der Waals surface area contributed by atoms with Gasteiger partial charge in [-0.1, -0.05) is 37.3 Å². The molecule has 0 aliphatic carbocycles. The number of hydrogen-bond donors (Lipinski definition) is 2. The van der Waals surface area contributed by atoms with Crippen LogP contribution in [0.2, 0.25) is 0 Å². The topological polar surface area (TPSA) is 49.7 Å². The Morgan fingerprint density at radius 1 is 1.12 bits per heavy atom. The van der Waals surface area contributed by atoms with Crippen LogP contribution in [0.3, 0.4) is 0 Å². The normalized spacial score (nSPS) is 23.2. The first-order valence-electron chi connectivity index (χ1n) is 9.31. The summed E-state index contributed by atoms with van der Waals surface area (Å²) in [7, 11) is 0. The highest BCUT2D eigenvalue weighted by atomic mass is 19.1. The van der Waals surface area contributed by atoms with Gasteiger partial charge in [0.2, 0.25) is 0 Å². The summed E-state index contributed by atoms with van der Waals surface area (Å²) < 4.78 is 20.0. The highest BCUT2D eigenvalue weighted by Crippen LogP contribution is 2.32. The van der Waals surface area contributed by atoms with Crippen molar-refractivity contribution in [3.63, 3.8) is 0 Å². The first-order chi connectivity index (χ1) is 12.5. The Morgan fingerprint density at radius 2 is 1.92 bits per heavy atom. The van der Waals surface area contributed by atoms with Gasteiger partial charge in [-0.15, -0.1) is 0 Å². The summed E-state index contributed by atoms with van der Waals surface area (Å²) in [6.07, 6.45) is 1.31. The minimum atomic E-state index is -0.466. The van der Waals surface area contributed by atoms with Gasteiger partial charge in [0.15, 0.2) is 0 Å². The predicted octanol–water partition coefficient (Wildman–Crippen LogP) is 3.86. The predicted molar refractivity (Wildman–Crippen MR) is 99.7 cm³/mol. The van der Waals surface area contributed by atoms with Crippen LogP contribution >= 0.6 is 0 Å². The van der Waals surface area contributed by atoms with Crippen LogP contribution in [0, 0.1) is 12.7 Å². The van der Waals surface area contributed by atoms with Crippen molar-refractivity contribution < 1.29 is 19.3 Å². The summed E-state index contributed by atoms with van der Waals surface area (Å²) in [5.74, 6) is -0.150. The van der Waals surface area contributed by atoms with E-state index in [2.05, 4.69) is 6.07 Å². The Hall–Kier alpha value is -1.75. The summed E-state index contributed by atoms with van der Waals surface area (Å²) >= 11 is 0. The largest absolute Gasteiger partial charge is 0.394 e. The minimum Gasteiger partial charge on any atom is -0.394 e. The fourth-order valence-corrected chi connectivity index (χ4v) is 3.61. The molecule has 0 spiro atoms. The van der Waals surface area contributed by atoms with Gasteiger partial charge in [-0.25, -0.2) is 4.39 Å². The second-order valence-electron chi connectivity index (χ2n) is 7.20. The van der Waals surface area contributed by atoms with Crippen molar-refractivity contribution in [2.45, 2.75) is 57.8 Å². The molecule has 3 nitrogen and oxygen atoms in total. The number of rotatable bonds is 5. The van der Waals surface area contributed by atoms with Gasteiger partial charge < -0.3 is 14.9 Å². The molecule has 4 heteroatoms. The van der Waals surface area contributed by atoms with Crippen molar-refractivity contribution in [2.24, 2.45) is 0 Å². The molecule has 0 radical (unpaired) electrons. The quantitative estimate of drug-likeness (QED) is 0.853. The molecule has 1 heterocycles. The Balaban J connectivity index is 1.82. The van der Waals surface area contributed by atoms with E-state index in [9.17, 15) is 14.6 Å². The average Bonchev–Trinajstić information content (AvgIpc) is 2.63. The lowest BCUT2D eigenvalue weighted by Crippen LogP contribution is -2.33. The first-order valence-corrected chi connectivity index (χ1v) is 9.31. The smallest absolute Gasteiger partial charge is 0.126 e. The van der Waals surface area contributed by atoms with Crippen molar-refractivity contribution >= 4 is 0 Å². The Bertz CT molecular complexity index is 759. The fraction of sp³-hybridized carbons (Fsp3) is 0.455. The van der Waals surface area contributed by atoms with Crippen LogP contribution in [0.5, 0.6) is 0 Å². The van der Waals surface area contributed by atoms with E-state index in [0.29, 0.717) is 25.7 Å². The summed E-state index contributed by atoms with van der Waals surface area (Å²) in [5.41, 5.74) is 4.93. The van der Waals surface area contributed by atoms with Gasteiger partial charge in [-0.2, -0.15) is 0 Å². The maximum atomic E-state index is 14.1. The second-order valence-corrected chi connectivity index (χ2v) is 7.20. The Morgan fingerprint density at radius 3 is 2.62 bits per heavy atom. The van der Waals surface area contributed by atoms with Crippen LogP contribution in [-0.4, -0.2) is 29.0 Å². The van der Waals surface area contributed by atoms with Gasteiger partial charge in [-0.3, -0.25) is 0 Å². The van der Waals surface area contributed by atoms with E-state index < -0.39 is 6.10 Å². The minimum absolute atomic E-state index is 0.0880. The summed E-state index contributed by atoms with van der Waals surface area (Å²) in [4.78, 5) is 0. The van der Waals surface area contributed by atoms with Crippen LogP contribution in [0.15, 0.2) is 36.4 Å². The number of aliphatic hydroxyl groups is 2. The maximum Gasteiger partial charge on any atom is 0.126 e. The third kappa shape index (κ3) is 4.32. The van der Waals surface area contributed by atoms with Gasteiger partial charge in [0.05, 0.1) is 24.9 Å². The highest BCUT2D eigenvalue weighted by Gasteiger charge is 2.29. The van der Waals surface area contributed by atoms with E-state index in [-0.39, 0.29) is 24.6 Å². The molecule has 3 rings (SSSR count). The van der Waals surface area contributed by atoms with Gasteiger partial charge >= 0.3 is 0 Å². The monoisotopic (exact) mass is 358 g/mol. The molecule has 1 aliphatic rings. The molecule has 0 amide bonds. The number of benzene rings is 2. The molecule has 1 aliphatic heterocycles. The third-order valence-corrected chi connectivity index (χ3v) is 5.22. The van der Waals surface area contributed by atoms with Crippen molar-refractivity contribution in [1.82, 2.24) is 0 Å². The summed E-state index contributed by atoms with van der Waals surface area (Å²) in [5, 5.41) is 19.4. The zero-order valence-electron chi connectivity index (χ0n) is 15.4. The second kappa shape index (κ2) is 8.30. The zero-order chi connectivity index (χ0) is 18.7. The Labute approximate surface area is 154 Å². The molecule has 0 aromatic heterocycles.